The maximum Gasteiger partial charge on any atom is 0.280 e. The third-order valence-electron chi connectivity index (χ3n) is 5.61. The van der Waals surface area contributed by atoms with Crippen molar-refractivity contribution in [3.05, 3.63) is 53.6 Å². The van der Waals surface area contributed by atoms with E-state index in [2.05, 4.69) is 28.9 Å². The molecule has 0 unspecified atom stereocenters. The lowest BCUT2D eigenvalue weighted by Gasteiger charge is -2.32. The lowest BCUT2D eigenvalue weighted by Crippen LogP contribution is -2.41. The Morgan fingerprint density at radius 2 is 2.10 bits per heavy atom. The molecule has 1 fully saturated rings. The van der Waals surface area contributed by atoms with Crippen LogP contribution in [0, 0.1) is 0 Å². The molecule has 31 heavy (non-hydrogen) atoms. The summed E-state index contributed by atoms with van der Waals surface area (Å²) in [5, 5.41) is 3.82. The van der Waals surface area contributed by atoms with Crippen molar-refractivity contribution in [1.82, 2.24) is 24.5 Å². The van der Waals surface area contributed by atoms with Crippen molar-refractivity contribution in [2.75, 3.05) is 19.7 Å². The number of amides is 1. The summed E-state index contributed by atoms with van der Waals surface area (Å²) in [6.07, 6.45) is 0.0476. The maximum absolute atomic E-state index is 13.5. The Morgan fingerprint density at radius 3 is 2.87 bits per heavy atom. The van der Waals surface area contributed by atoms with Crippen molar-refractivity contribution >= 4 is 11.7 Å². The van der Waals surface area contributed by atoms with Gasteiger partial charge in [0.25, 0.3) is 18.1 Å². The fourth-order valence-electron chi connectivity index (χ4n) is 3.98. The van der Waals surface area contributed by atoms with Crippen LogP contribution in [0.5, 0.6) is 5.75 Å². The number of benzene rings is 1. The number of alkyl halides is 2. The van der Waals surface area contributed by atoms with Gasteiger partial charge in [0, 0.05) is 19.0 Å². The van der Waals surface area contributed by atoms with Gasteiger partial charge in [0.15, 0.2) is 6.61 Å². The van der Waals surface area contributed by atoms with E-state index in [1.54, 1.807) is 4.90 Å². The predicted octanol–water partition coefficient (Wildman–Crippen LogP) is 3.97. The molecular formula is C22H25F2N5O2. The lowest BCUT2D eigenvalue weighted by atomic mass is 9.94. The highest BCUT2D eigenvalue weighted by Gasteiger charge is 2.28. The number of nitrogens with zero attached hydrogens (tertiary/aromatic N) is 5. The Hall–Kier alpha value is -3.10. The van der Waals surface area contributed by atoms with Gasteiger partial charge in [0.1, 0.15) is 17.8 Å². The second kappa shape index (κ2) is 8.95. The number of fused-ring (bicyclic) bond motifs is 1. The van der Waals surface area contributed by atoms with Gasteiger partial charge in [-0.1, -0.05) is 32.0 Å². The molecule has 0 N–H and O–H groups in total. The first kappa shape index (κ1) is 21.1. The van der Waals surface area contributed by atoms with Gasteiger partial charge in [-0.2, -0.15) is 14.6 Å². The highest BCUT2D eigenvalue weighted by Crippen LogP contribution is 2.30. The highest BCUT2D eigenvalue weighted by atomic mass is 19.3. The number of hydrogen-bond donors (Lipinski definition) is 0. The fourth-order valence-corrected chi connectivity index (χ4v) is 3.98. The van der Waals surface area contributed by atoms with Crippen LogP contribution in [0.25, 0.3) is 5.78 Å². The van der Waals surface area contributed by atoms with Crippen LogP contribution >= 0.6 is 0 Å². The van der Waals surface area contributed by atoms with Crippen molar-refractivity contribution in [3.8, 4) is 5.75 Å². The highest BCUT2D eigenvalue weighted by molar-refractivity contribution is 5.78. The van der Waals surface area contributed by atoms with Crippen molar-refractivity contribution < 1.29 is 18.3 Å². The smallest absolute Gasteiger partial charge is 0.280 e. The molecule has 3 heterocycles. The Morgan fingerprint density at radius 1 is 1.29 bits per heavy atom. The van der Waals surface area contributed by atoms with Crippen LogP contribution in [0.3, 0.4) is 0 Å². The number of ether oxygens (including phenoxy) is 1. The third-order valence-corrected chi connectivity index (χ3v) is 5.61. The van der Waals surface area contributed by atoms with Crippen LogP contribution in [0.4, 0.5) is 8.78 Å². The molecule has 1 aliphatic rings. The third kappa shape index (κ3) is 4.50. The second-order valence-corrected chi connectivity index (χ2v) is 8.04. The Bertz CT molecular complexity index is 1070. The molecule has 0 bridgehead atoms. The van der Waals surface area contributed by atoms with Gasteiger partial charge in [-0.3, -0.25) is 4.79 Å². The average molecular weight is 429 g/mol. The van der Waals surface area contributed by atoms with E-state index in [9.17, 15) is 13.6 Å². The Labute approximate surface area is 179 Å². The Kier molecular flexibility index (Phi) is 6.11. The number of carbonyl (C=O) groups is 1. The maximum atomic E-state index is 13.5. The van der Waals surface area contributed by atoms with Crippen LogP contribution < -0.4 is 4.74 Å². The summed E-state index contributed by atoms with van der Waals surface area (Å²) in [5.41, 5.74) is 1.33. The van der Waals surface area contributed by atoms with Crippen LogP contribution in [0.2, 0.25) is 0 Å². The first-order chi connectivity index (χ1) is 14.9. The molecular weight excluding hydrogens is 404 g/mol. The SMILES string of the molecule is CC(C)c1ccccc1OCC(=O)N1CCC[C@H](c2cc(C(F)F)n3ncnc3n2)C1. The summed E-state index contributed by atoms with van der Waals surface area (Å²) < 4.78 is 33.8. The largest absolute Gasteiger partial charge is 0.483 e. The van der Waals surface area contributed by atoms with Crippen molar-refractivity contribution in [2.24, 2.45) is 0 Å². The number of halogens is 2. The van der Waals surface area contributed by atoms with Gasteiger partial charge >= 0.3 is 0 Å². The van der Waals surface area contributed by atoms with Gasteiger partial charge in [-0.25, -0.2) is 13.8 Å². The number of piperidine rings is 1. The Balaban J connectivity index is 1.46. The molecule has 4 rings (SSSR count). The molecule has 0 aliphatic carbocycles. The molecule has 1 saturated heterocycles. The second-order valence-electron chi connectivity index (χ2n) is 8.04. The van der Waals surface area contributed by atoms with Crippen LogP contribution in [0.15, 0.2) is 36.7 Å². The van der Waals surface area contributed by atoms with Gasteiger partial charge in [0.2, 0.25) is 0 Å². The van der Waals surface area contributed by atoms with Crippen molar-refractivity contribution in [1.29, 1.82) is 0 Å². The van der Waals surface area contributed by atoms with Gasteiger partial charge in [0.05, 0.1) is 5.69 Å². The summed E-state index contributed by atoms with van der Waals surface area (Å²) in [7, 11) is 0. The lowest BCUT2D eigenvalue weighted by molar-refractivity contribution is -0.134. The number of carbonyl (C=O) groups excluding carboxylic acids is 1. The standard InChI is InChI=1S/C22H25F2N5O2/c1-14(2)16-7-3-4-8-19(16)31-12-20(30)28-9-5-6-15(11-28)17-10-18(21(23)24)29-22(27-17)25-13-26-29/h3-4,7-8,10,13-15,21H,5-6,9,11-12H2,1-2H3/t15-/m0/s1. The normalized spacial score (nSPS) is 17.0. The van der Waals surface area contributed by atoms with Crippen molar-refractivity contribution in [3.63, 3.8) is 0 Å². The quantitative estimate of drug-likeness (QED) is 0.593. The minimum absolute atomic E-state index is 0.0601. The summed E-state index contributed by atoms with van der Waals surface area (Å²) in [6.45, 7) is 5.11. The number of aromatic nitrogens is 4. The van der Waals surface area contributed by atoms with E-state index in [0.717, 1.165) is 22.9 Å². The average Bonchev–Trinajstić information content (AvgIpc) is 3.25. The van der Waals surface area contributed by atoms with Crippen LogP contribution in [-0.2, 0) is 4.79 Å². The molecule has 3 aromatic rings. The first-order valence-corrected chi connectivity index (χ1v) is 10.4. The number of rotatable bonds is 6. The fraction of sp³-hybridized carbons (Fsp3) is 0.455. The minimum atomic E-state index is -2.69. The number of hydrogen-bond acceptors (Lipinski definition) is 5. The van der Waals surface area contributed by atoms with Gasteiger partial charge in [-0.15, -0.1) is 0 Å². The van der Waals surface area contributed by atoms with E-state index in [1.165, 1.54) is 12.4 Å². The van der Waals surface area contributed by atoms with E-state index in [0.29, 0.717) is 24.5 Å². The molecule has 0 saturated carbocycles. The summed E-state index contributed by atoms with van der Waals surface area (Å²) in [4.78, 5) is 22.9. The molecule has 1 aromatic carbocycles. The van der Waals surface area contributed by atoms with Gasteiger partial charge in [-0.05, 0) is 36.5 Å². The van der Waals surface area contributed by atoms with E-state index < -0.39 is 6.43 Å². The summed E-state index contributed by atoms with van der Waals surface area (Å²) in [6, 6.07) is 9.07. The molecule has 9 heteroatoms. The first-order valence-electron chi connectivity index (χ1n) is 10.4. The molecule has 1 atom stereocenters. The van der Waals surface area contributed by atoms with E-state index in [1.807, 2.05) is 24.3 Å². The molecule has 164 valence electrons. The zero-order chi connectivity index (χ0) is 22.0. The zero-order valence-corrected chi connectivity index (χ0v) is 17.5. The van der Waals surface area contributed by atoms with Crippen LogP contribution in [-0.4, -0.2) is 50.1 Å². The minimum Gasteiger partial charge on any atom is -0.483 e. The summed E-state index contributed by atoms with van der Waals surface area (Å²) in [5.74, 6) is 0.874. The molecule has 0 radical (unpaired) electrons. The summed E-state index contributed by atoms with van der Waals surface area (Å²) >= 11 is 0. The molecule has 0 spiro atoms. The molecule has 2 aromatic heterocycles. The zero-order valence-electron chi connectivity index (χ0n) is 17.5. The van der Waals surface area contributed by atoms with E-state index >= 15 is 0 Å². The predicted molar refractivity (Wildman–Crippen MR) is 110 cm³/mol. The monoisotopic (exact) mass is 429 g/mol. The van der Waals surface area contributed by atoms with E-state index in [4.69, 9.17) is 4.74 Å². The van der Waals surface area contributed by atoms with Crippen LogP contribution in [0.1, 0.15) is 61.9 Å². The molecule has 7 nitrogen and oxygen atoms in total. The molecule has 1 aliphatic heterocycles. The molecule has 1 amide bonds. The van der Waals surface area contributed by atoms with E-state index in [-0.39, 0.29) is 35.8 Å². The number of likely N-dealkylation sites (tertiary alicyclic amines) is 1. The number of para-hydroxylation sites is 1. The van der Waals surface area contributed by atoms with Crippen molar-refractivity contribution in [2.45, 2.75) is 45.0 Å². The van der Waals surface area contributed by atoms with Gasteiger partial charge < -0.3 is 9.64 Å². The topological polar surface area (TPSA) is 72.6 Å².